The molecule has 0 spiro atoms. The summed E-state index contributed by atoms with van der Waals surface area (Å²) in [6.07, 6.45) is 0.175. The lowest BCUT2D eigenvalue weighted by atomic mass is 10.1. The van der Waals surface area contributed by atoms with E-state index in [2.05, 4.69) is 5.32 Å². The second-order valence-corrected chi connectivity index (χ2v) is 8.31. The Bertz CT molecular complexity index is 1050. The highest BCUT2D eigenvalue weighted by atomic mass is 16.5. The van der Waals surface area contributed by atoms with Crippen molar-refractivity contribution < 1.29 is 33.8 Å². The number of aliphatic carboxylic acids is 1. The van der Waals surface area contributed by atoms with E-state index in [4.69, 9.17) is 9.47 Å². The molecule has 1 fully saturated rings. The highest BCUT2D eigenvalue weighted by molar-refractivity contribution is 5.96. The van der Waals surface area contributed by atoms with Gasteiger partial charge in [0, 0.05) is 44.2 Å². The minimum absolute atomic E-state index is 0.0195. The molecule has 1 aliphatic heterocycles. The number of carboxylic acid groups (broad SMARTS) is 1. The molecule has 0 aliphatic carbocycles. The van der Waals surface area contributed by atoms with Crippen LogP contribution in [0.1, 0.15) is 29.6 Å². The predicted octanol–water partition coefficient (Wildman–Crippen LogP) is 1.80. The Labute approximate surface area is 209 Å². The first kappa shape index (κ1) is 26.5. The van der Waals surface area contributed by atoms with Gasteiger partial charge in [-0.05, 0) is 30.7 Å². The van der Waals surface area contributed by atoms with Crippen molar-refractivity contribution in [3.05, 3.63) is 60.2 Å². The van der Waals surface area contributed by atoms with Crippen LogP contribution < -0.4 is 14.8 Å². The molecule has 10 nitrogen and oxygen atoms in total. The van der Waals surface area contributed by atoms with E-state index in [1.54, 1.807) is 65.4 Å². The Kier molecular flexibility index (Phi) is 9.67. The number of carboxylic acids is 1. The SMILES string of the molecule is COc1cccc(OCCC(=O)N2CCN(C(=O)CC[C@H](NC(=O)c3ccccc3)C(=O)O)CC2)c1. The number of benzene rings is 2. The van der Waals surface area contributed by atoms with Crippen LogP contribution in [-0.2, 0) is 14.4 Å². The molecule has 2 aromatic carbocycles. The molecule has 192 valence electrons. The van der Waals surface area contributed by atoms with Crippen molar-refractivity contribution in [2.45, 2.75) is 25.3 Å². The maximum absolute atomic E-state index is 12.6. The number of nitrogens with one attached hydrogen (secondary N) is 1. The molecule has 0 saturated carbocycles. The highest BCUT2D eigenvalue weighted by Gasteiger charge is 2.26. The Balaban J connectivity index is 1.38. The third-order valence-electron chi connectivity index (χ3n) is 5.90. The fourth-order valence-corrected chi connectivity index (χ4v) is 3.82. The van der Waals surface area contributed by atoms with Crippen molar-refractivity contribution in [2.75, 3.05) is 39.9 Å². The van der Waals surface area contributed by atoms with Gasteiger partial charge in [0.05, 0.1) is 20.1 Å². The number of hydrogen-bond acceptors (Lipinski definition) is 6. The zero-order valence-electron chi connectivity index (χ0n) is 20.2. The number of methoxy groups -OCH3 is 1. The Morgan fingerprint density at radius 3 is 2.11 bits per heavy atom. The lowest BCUT2D eigenvalue weighted by Gasteiger charge is -2.35. The van der Waals surface area contributed by atoms with Crippen LogP contribution in [0.2, 0.25) is 0 Å². The average Bonchev–Trinajstić information content (AvgIpc) is 2.91. The number of carbonyl (C=O) groups excluding carboxylic acids is 3. The molecule has 10 heteroatoms. The van der Waals surface area contributed by atoms with Crippen LogP contribution in [0.5, 0.6) is 11.5 Å². The minimum atomic E-state index is -1.20. The van der Waals surface area contributed by atoms with Gasteiger partial charge in [0.25, 0.3) is 5.91 Å². The highest BCUT2D eigenvalue weighted by Crippen LogP contribution is 2.19. The van der Waals surface area contributed by atoms with Gasteiger partial charge in [-0.25, -0.2) is 4.79 Å². The number of ether oxygens (including phenoxy) is 2. The number of hydrogen-bond donors (Lipinski definition) is 2. The van der Waals surface area contributed by atoms with E-state index in [0.717, 1.165) is 0 Å². The van der Waals surface area contributed by atoms with Crippen LogP contribution in [0.3, 0.4) is 0 Å². The molecule has 2 aromatic rings. The predicted molar refractivity (Wildman–Crippen MR) is 131 cm³/mol. The minimum Gasteiger partial charge on any atom is -0.497 e. The zero-order valence-corrected chi connectivity index (χ0v) is 20.2. The maximum atomic E-state index is 12.6. The van der Waals surface area contributed by atoms with Crippen molar-refractivity contribution in [1.29, 1.82) is 0 Å². The summed E-state index contributed by atoms with van der Waals surface area (Å²) in [7, 11) is 1.57. The molecule has 2 N–H and O–H groups in total. The second-order valence-electron chi connectivity index (χ2n) is 8.31. The van der Waals surface area contributed by atoms with Crippen LogP contribution >= 0.6 is 0 Å². The van der Waals surface area contributed by atoms with E-state index in [0.29, 0.717) is 43.2 Å². The van der Waals surface area contributed by atoms with Gasteiger partial charge in [-0.1, -0.05) is 24.3 Å². The van der Waals surface area contributed by atoms with Gasteiger partial charge in [0.2, 0.25) is 11.8 Å². The van der Waals surface area contributed by atoms with Gasteiger partial charge < -0.3 is 29.7 Å². The standard InChI is InChI=1S/C26H31N3O7/c1-35-20-8-5-9-21(18-20)36-17-12-24(31)29-15-13-28(14-16-29)23(30)11-10-22(26(33)34)27-25(32)19-6-3-2-4-7-19/h2-9,18,22H,10-17H2,1H3,(H,27,32)(H,33,34)/t22-/m0/s1. The zero-order chi connectivity index (χ0) is 25.9. The first-order valence-corrected chi connectivity index (χ1v) is 11.8. The quantitative estimate of drug-likeness (QED) is 0.485. The van der Waals surface area contributed by atoms with Gasteiger partial charge >= 0.3 is 5.97 Å². The topological polar surface area (TPSA) is 125 Å². The van der Waals surface area contributed by atoms with Crippen molar-refractivity contribution in [3.8, 4) is 11.5 Å². The molecular weight excluding hydrogens is 466 g/mol. The number of piperazine rings is 1. The summed E-state index contributed by atoms with van der Waals surface area (Å²) in [6.45, 7) is 1.77. The van der Waals surface area contributed by atoms with Crippen molar-refractivity contribution in [2.24, 2.45) is 0 Å². The lowest BCUT2D eigenvalue weighted by molar-refractivity contribution is -0.141. The maximum Gasteiger partial charge on any atom is 0.326 e. The molecule has 1 atom stereocenters. The molecule has 3 amide bonds. The van der Waals surface area contributed by atoms with E-state index >= 15 is 0 Å². The summed E-state index contributed by atoms with van der Waals surface area (Å²) in [6, 6.07) is 14.3. The molecule has 1 saturated heterocycles. The third-order valence-corrected chi connectivity index (χ3v) is 5.90. The number of nitrogens with zero attached hydrogens (tertiary/aromatic N) is 2. The molecule has 0 radical (unpaired) electrons. The van der Waals surface area contributed by atoms with Crippen LogP contribution in [0.15, 0.2) is 54.6 Å². The molecule has 3 rings (SSSR count). The van der Waals surface area contributed by atoms with Crippen LogP contribution in [0.25, 0.3) is 0 Å². The Hall–Kier alpha value is -4.08. The molecule has 1 heterocycles. The Morgan fingerprint density at radius 1 is 0.889 bits per heavy atom. The van der Waals surface area contributed by atoms with E-state index in [1.807, 2.05) is 6.07 Å². The van der Waals surface area contributed by atoms with Crippen LogP contribution in [0, 0.1) is 0 Å². The fourth-order valence-electron chi connectivity index (χ4n) is 3.82. The third kappa shape index (κ3) is 7.72. The van der Waals surface area contributed by atoms with Gasteiger partial charge in [-0.15, -0.1) is 0 Å². The van der Waals surface area contributed by atoms with Crippen molar-refractivity contribution in [3.63, 3.8) is 0 Å². The lowest BCUT2D eigenvalue weighted by Crippen LogP contribution is -2.51. The summed E-state index contributed by atoms with van der Waals surface area (Å²) in [5.74, 6) is -0.662. The average molecular weight is 498 g/mol. The van der Waals surface area contributed by atoms with Crippen molar-refractivity contribution in [1.82, 2.24) is 15.1 Å². The largest absolute Gasteiger partial charge is 0.497 e. The monoisotopic (exact) mass is 497 g/mol. The van der Waals surface area contributed by atoms with Crippen LogP contribution in [-0.4, -0.2) is 84.5 Å². The van der Waals surface area contributed by atoms with E-state index in [9.17, 15) is 24.3 Å². The van der Waals surface area contributed by atoms with Crippen molar-refractivity contribution >= 4 is 23.7 Å². The van der Waals surface area contributed by atoms with Gasteiger partial charge in [0.1, 0.15) is 17.5 Å². The van der Waals surface area contributed by atoms with Gasteiger partial charge in [-0.2, -0.15) is 0 Å². The van der Waals surface area contributed by atoms with Gasteiger partial charge in [-0.3, -0.25) is 14.4 Å². The molecular formula is C26H31N3O7. The summed E-state index contributed by atoms with van der Waals surface area (Å²) < 4.78 is 10.8. The first-order chi connectivity index (χ1) is 17.4. The fraction of sp³-hybridized carbons (Fsp3) is 0.385. The van der Waals surface area contributed by atoms with Crippen LogP contribution in [0.4, 0.5) is 0 Å². The summed E-state index contributed by atoms with van der Waals surface area (Å²) in [4.78, 5) is 52.3. The molecule has 0 bridgehead atoms. The number of amides is 3. The molecule has 1 aliphatic rings. The van der Waals surface area contributed by atoms with E-state index in [1.165, 1.54) is 0 Å². The first-order valence-electron chi connectivity index (χ1n) is 11.8. The smallest absolute Gasteiger partial charge is 0.326 e. The van der Waals surface area contributed by atoms with Gasteiger partial charge in [0.15, 0.2) is 0 Å². The van der Waals surface area contributed by atoms with E-state index in [-0.39, 0.29) is 37.7 Å². The summed E-state index contributed by atoms with van der Waals surface area (Å²) >= 11 is 0. The molecule has 0 unspecified atom stereocenters. The molecule has 36 heavy (non-hydrogen) atoms. The number of carbonyl (C=O) groups is 4. The Morgan fingerprint density at radius 2 is 1.50 bits per heavy atom. The molecule has 0 aromatic heterocycles. The summed E-state index contributed by atoms with van der Waals surface area (Å²) in [5.41, 5.74) is 0.352. The number of rotatable bonds is 11. The van der Waals surface area contributed by atoms with E-state index < -0.39 is 17.9 Å². The summed E-state index contributed by atoms with van der Waals surface area (Å²) in [5, 5.41) is 11.9. The normalized spacial score (nSPS) is 14.0. The second kappa shape index (κ2) is 13.1.